The largest absolute Gasteiger partial charge is 0.396 e. The summed E-state index contributed by atoms with van der Waals surface area (Å²) in [5, 5.41) is 12.0. The van der Waals surface area contributed by atoms with Crippen LogP contribution in [0.4, 0.5) is 4.39 Å². The van der Waals surface area contributed by atoms with Gasteiger partial charge in [0.1, 0.15) is 12.4 Å². The average molecular weight is 334 g/mol. The van der Waals surface area contributed by atoms with Gasteiger partial charge in [0, 0.05) is 26.2 Å². The van der Waals surface area contributed by atoms with E-state index in [0.717, 1.165) is 5.56 Å². The maximum Gasteiger partial charge on any atom is 0.245 e. The van der Waals surface area contributed by atoms with Crippen molar-refractivity contribution in [1.82, 2.24) is 5.32 Å². The summed E-state index contributed by atoms with van der Waals surface area (Å²) < 4.78 is 18.2. The Bertz CT molecular complexity index is 428. The van der Waals surface area contributed by atoms with Gasteiger partial charge in [-0.2, -0.15) is 0 Å². The first-order valence-electron chi connectivity index (χ1n) is 5.87. The van der Waals surface area contributed by atoms with E-state index in [1.165, 1.54) is 13.2 Å². The summed E-state index contributed by atoms with van der Waals surface area (Å²) in [5.74, 6) is -0.655. The van der Waals surface area contributed by atoms with E-state index in [1.807, 2.05) is 0 Å². The maximum atomic E-state index is 13.1. The van der Waals surface area contributed by atoms with E-state index in [0.29, 0.717) is 17.4 Å². The number of aliphatic hydroxyl groups excluding tert-OH is 1. The molecule has 2 N–H and O–H groups in total. The van der Waals surface area contributed by atoms with E-state index in [9.17, 15) is 14.3 Å². The first-order valence-corrected chi connectivity index (χ1v) is 6.66. The zero-order valence-corrected chi connectivity index (χ0v) is 12.2. The number of benzene rings is 1. The van der Waals surface area contributed by atoms with Gasteiger partial charge in [-0.1, -0.05) is 6.07 Å². The molecule has 0 aliphatic rings. The Hall–Kier alpha value is -0.980. The summed E-state index contributed by atoms with van der Waals surface area (Å²) in [7, 11) is 1.44. The van der Waals surface area contributed by atoms with Gasteiger partial charge in [0.05, 0.1) is 4.47 Å². The van der Waals surface area contributed by atoms with Crippen LogP contribution in [0.5, 0.6) is 0 Å². The summed E-state index contributed by atoms with van der Waals surface area (Å²) in [6.45, 7) is 0.302. The molecule has 19 heavy (non-hydrogen) atoms. The van der Waals surface area contributed by atoms with Crippen molar-refractivity contribution >= 4 is 21.8 Å². The molecule has 0 aliphatic heterocycles. The minimum atomic E-state index is -0.322. The lowest BCUT2D eigenvalue weighted by Gasteiger charge is -2.15. The van der Waals surface area contributed by atoms with E-state index < -0.39 is 0 Å². The van der Waals surface area contributed by atoms with Crippen LogP contribution in [-0.4, -0.2) is 37.9 Å². The number of halogens is 2. The Labute approximate surface area is 120 Å². The van der Waals surface area contributed by atoms with Gasteiger partial charge in [-0.3, -0.25) is 4.79 Å². The van der Waals surface area contributed by atoms with Crippen molar-refractivity contribution in [2.75, 3.05) is 26.9 Å². The van der Waals surface area contributed by atoms with Crippen LogP contribution in [0.2, 0.25) is 0 Å². The van der Waals surface area contributed by atoms with Crippen LogP contribution in [0.25, 0.3) is 0 Å². The molecular weight excluding hydrogens is 317 g/mol. The number of nitrogens with one attached hydrogen (secondary N) is 1. The molecule has 0 saturated carbocycles. The lowest BCUT2D eigenvalue weighted by molar-refractivity contribution is -0.124. The van der Waals surface area contributed by atoms with Gasteiger partial charge in [0.15, 0.2) is 0 Å². The highest BCUT2D eigenvalue weighted by molar-refractivity contribution is 9.10. The van der Waals surface area contributed by atoms with Gasteiger partial charge in [-0.25, -0.2) is 4.39 Å². The highest BCUT2D eigenvalue weighted by Gasteiger charge is 2.11. The maximum absolute atomic E-state index is 13.1. The smallest absolute Gasteiger partial charge is 0.245 e. The van der Waals surface area contributed by atoms with Gasteiger partial charge in [-0.05, 0) is 40.0 Å². The third-order valence-electron chi connectivity index (χ3n) is 2.63. The van der Waals surface area contributed by atoms with E-state index >= 15 is 0 Å². The van der Waals surface area contributed by atoms with Gasteiger partial charge in [-0.15, -0.1) is 0 Å². The summed E-state index contributed by atoms with van der Waals surface area (Å²) in [5.41, 5.74) is 0.897. The van der Waals surface area contributed by atoms with E-state index in [2.05, 4.69) is 21.2 Å². The number of carbonyl (C=O) groups excluding carboxylic acids is 1. The van der Waals surface area contributed by atoms with Crippen LogP contribution in [0, 0.1) is 11.7 Å². The molecule has 1 atom stereocenters. The molecule has 0 spiro atoms. The Morgan fingerprint density at radius 3 is 2.89 bits per heavy atom. The summed E-state index contributed by atoms with van der Waals surface area (Å²) in [4.78, 5) is 11.2. The van der Waals surface area contributed by atoms with Crippen molar-refractivity contribution in [3.8, 4) is 0 Å². The third kappa shape index (κ3) is 5.67. The van der Waals surface area contributed by atoms with Crippen LogP contribution >= 0.6 is 15.9 Å². The van der Waals surface area contributed by atoms with E-state index in [1.54, 1.807) is 12.1 Å². The van der Waals surface area contributed by atoms with Crippen molar-refractivity contribution in [1.29, 1.82) is 0 Å². The minimum absolute atomic E-state index is 0.000243. The first-order chi connectivity index (χ1) is 9.06. The quantitative estimate of drug-likeness (QED) is 0.795. The van der Waals surface area contributed by atoms with Crippen molar-refractivity contribution < 1.29 is 19.0 Å². The Morgan fingerprint density at radius 1 is 1.58 bits per heavy atom. The molecule has 1 amide bonds. The van der Waals surface area contributed by atoms with Crippen molar-refractivity contribution in [3.63, 3.8) is 0 Å². The third-order valence-corrected chi connectivity index (χ3v) is 3.24. The number of hydrogen-bond acceptors (Lipinski definition) is 3. The zero-order chi connectivity index (χ0) is 14.3. The molecule has 0 heterocycles. The van der Waals surface area contributed by atoms with E-state index in [-0.39, 0.29) is 30.9 Å². The topological polar surface area (TPSA) is 58.6 Å². The predicted octanol–water partition coefficient (Wildman–Crippen LogP) is 1.50. The molecule has 0 unspecified atom stereocenters. The molecular formula is C13H17BrFNO3. The number of ether oxygens (including phenoxy) is 1. The molecule has 0 saturated heterocycles. The number of rotatable bonds is 7. The molecule has 0 aromatic heterocycles. The standard InChI is InChI=1S/C13H17BrFNO3/c1-19-8-13(18)16-6-10(7-17)4-9-2-3-12(15)11(14)5-9/h2-3,5,10,17H,4,6-8H2,1H3,(H,16,18)/t10-/m1/s1. The normalized spacial score (nSPS) is 12.2. The summed E-state index contributed by atoms with van der Waals surface area (Å²) in [6, 6.07) is 4.71. The van der Waals surface area contributed by atoms with Gasteiger partial charge in [0.25, 0.3) is 0 Å². The number of carbonyl (C=O) groups is 1. The number of hydrogen-bond donors (Lipinski definition) is 2. The molecule has 0 radical (unpaired) electrons. The lowest BCUT2D eigenvalue weighted by atomic mass is 10.00. The van der Waals surface area contributed by atoms with Crippen LogP contribution in [-0.2, 0) is 16.0 Å². The molecule has 106 valence electrons. The molecule has 0 fully saturated rings. The number of amides is 1. The van der Waals surface area contributed by atoms with Crippen LogP contribution in [0.1, 0.15) is 5.56 Å². The van der Waals surface area contributed by atoms with E-state index in [4.69, 9.17) is 4.74 Å². The van der Waals surface area contributed by atoms with Gasteiger partial charge >= 0.3 is 0 Å². The SMILES string of the molecule is COCC(=O)NC[C@H](CO)Cc1ccc(F)c(Br)c1. The second-order valence-electron chi connectivity index (χ2n) is 4.24. The second kappa shape index (κ2) is 8.24. The van der Waals surface area contributed by atoms with Gasteiger partial charge in [0.2, 0.25) is 5.91 Å². The molecule has 4 nitrogen and oxygen atoms in total. The van der Waals surface area contributed by atoms with Crippen LogP contribution in [0.3, 0.4) is 0 Å². The average Bonchev–Trinajstić information content (AvgIpc) is 2.39. The highest BCUT2D eigenvalue weighted by atomic mass is 79.9. The fraction of sp³-hybridized carbons (Fsp3) is 0.462. The highest BCUT2D eigenvalue weighted by Crippen LogP contribution is 2.18. The second-order valence-corrected chi connectivity index (χ2v) is 5.09. The van der Waals surface area contributed by atoms with Crippen molar-refractivity contribution in [3.05, 3.63) is 34.1 Å². The minimum Gasteiger partial charge on any atom is -0.396 e. The molecule has 1 aromatic carbocycles. The van der Waals surface area contributed by atoms with Crippen LogP contribution < -0.4 is 5.32 Å². The predicted molar refractivity (Wildman–Crippen MR) is 73.3 cm³/mol. The fourth-order valence-corrected chi connectivity index (χ4v) is 2.07. The zero-order valence-electron chi connectivity index (χ0n) is 10.7. The van der Waals surface area contributed by atoms with Crippen molar-refractivity contribution in [2.24, 2.45) is 5.92 Å². The van der Waals surface area contributed by atoms with Crippen molar-refractivity contribution in [2.45, 2.75) is 6.42 Å². The summed E-state index contributed by atoms with van der Waals surface area (Å²) >= 11 is 3.12. The van der Waals surface area contributed by atoms with Crippen LogP contribution in [0.15, 0.2) is 22.7 Å². The summed E-state index contributed by atoms with van der Waals surface area (Å²) in [6.07, 6.45) is 0.558. The first kappa shape index (κ1) is 16.1. The lowest BCUT2D eigenvalue weighted by Crippen LogP contribution is -2.34. The molecule has 1 rings (SSSR count). The van der Waals surface area contributed by atoms with Gasteiger partial charge < -0.3 is 15.2 Å². The Balaban J connectivity index is 2.51. The Kier molecular flexibility index (Phi) is 6.97. The molecule has 0 bridgehead atoms. The molecule has 0 aliphatic carbocycles. The molecule has 6 heteroatoms. The molecule has 1 aromatic rings. The number of methoxy groups -OCH3 is 1. The fourth-order valence-electron chi connectivity index (χ4n) is 1.64. The monoisotopic (exact) mass is 333 g/mol. The number of aliphatic hydroxyl groups is 1. The Morgan fingerprint density at radius 2 is 2.32 bits per heavy atom.